The smallest absolute Gasteiger partial charge is 0.457 e. The van der Waals surface area contributed by atoms with Gasteiger partial charge in [-0.15, -0.1) is 0 Å². The second-order valence-corrected chi connectivity index (χ2v) is 12.0. The maximum atomic E-state index is 13.3. The largest absolute Gasteiger partial charge is 0.511 e. The molecule has 0 unspecified atom stereocenters. The first-order chi connectivity index (χ1) is 19.6. The topological polar surface area (TPSA) is 74.3 Å². The summed E-state index contributed by atoms with van der Waals surface area (Å²) in [5.74, 6) is 1.12. The van der Waals surface area contributed by atoms with Crippen molar-refractivity contribution in [3.05, 3.63) is 65.2 Å². The fourth-order valence-corrected chi connectivity index (χ4v) is 7.78. The first-order valence-electron chi connectivity index (χ1n) is 15.2. The van der Waals surface area contributed by atoms with Gasteiger partial charge >= 0.3 is 12.2 Å². The van der Waals surface area contributed by atoms with Crippen LogP contribution in [-0.2, 0) is 32.7 Å². The van der Waals surface area contributed by atoms with Gasteiger partial charge in [0.15, 0.2) is 0 Å². The van der Waals surface area contributed by atoms with Crippen molar-refractivity contribution in [3.8, 4) is 5.75 Å². The van der Waals surface area contributed by atoms with Crippen molar-refractivity contribution in [2.45, 2.75) is 101 Å². The summed E-state index contributed by atoms with van der Waals surface area (Å²) in [6.07, 6.45) is 11.9. The third-order valence-corrected chi connectivity index (χ3v) is 9.72. The van der Waals surface area contributed by atoms with Gasteiger partial charge in [0.1, 0.15) is 18.5 Å². The van der Waals surface area contributed by atoms with E-state index in [9.17, 15) is 9.59 Å². The van der Waals surface area contributed by atoms with E-state index in [1.54, 1.807) is 0 Å². The molecular formula is C33H41NO6. The monoisotopic (exact) mass is 547 g/mol. The highest BCUT2D eigenvalue weighted by molar-refractivity contribution is 5.69. The number of fused-ring (bicyclic) bond motifs is 1. The molecule has 3 atom stereocenters. The van der Waals surface area contributed by atoms with Crippen molar-refractivity contribution in [3.63, 3.8) is 0 Å². The van der Waals surface area contributed by atoms with Crippen LogP contribution in [0.4, 0.5) is 9.59 Å². The van der Waals surface area contributed by atoms with Gasteiger partial charge in [-0.2, -0.15) is 0 Å². The number of likely N-dealkylation sites (tertiary alicyclic amines) is 1. The van der Waals surface area contributed by atoms with Crippen LogP contribution in [0.1, 0.15) is 87.3 Å². The predicted molar refractivity (Wildman–Crippen MR) is 150 cm³/mol. The van der Waals surface area contributed by atoms with Crippen molar-refractivity contribution in [1.82, 2.24) is 4.90 Å². The van der Waals surface area contributed by atoms with Crippen LogP contribution >= 0.6 is 0 Å². The SMILES string of the molecule is O=C(OCOc1ccc2c(c1)[C@]13CCCC[C@@H]1[C@@H](C2)N(C(=O)OCc1ccccc1)CC3)OC1CCCCCC1. The molecule has 2 aromatic carbocycles. The quantitative estimate of drug-likeness (QED) is 0.215. The number of carbonyl (C=O) groups excluding carboxylic acids is 2. The van der Waals surface area contributed by atoms with Crippen molar-refractivity contribution < 1.29 is 28.5 Å². The number of nitrogens with zero attached hydrogens (tertiary/aromatic N) is 1. The van der Waals surface area contributed by atoms with Crippen LogP contribution in [0.2, 0.25) is 0 Å². The second-order valence-electron chi connectivity index (χ2n) is 12.0. The summed E-state index contributed by atoms with van der Waals surface area (Å²) in [5.41, 5.74) is 3.68. The third kappa shape index (κ3) is 5.65. The fourth-order valence-electron chi connectivity index (χ4n) is 7.78. The molecule has 0 spiro atoms. The van der Waals surface area contributed by atoms with Gasteiger partial charge in [-0.1, -0.05) is 62.1 Å². The van der Waals surface area contributed by atoms with Crippen LogP contribution in [-0.4, -0.2) is 42.6 Å². The van der Waals surface area contributed by atoms with Crippen LogP contribution < -0.4 is 4.74 Å². The number of piperidine rings is 1. The number of hydrogen-bond acceptors (Lipinski definition) is 6. The molecule has 2 aromatic rings. The number of hydrogen-bond donors (Lipinski definition) is 0. The molecule has 0 N–H and O–H groups in total. The summed E-state index contributed by atoms with van der Waals surface area (Å²) in [5, 5.41) is 0. The van der Waals surface area contributed by atoms with Gasteiger partial charge in [0.05, 0.1) is 0 Å². The number of benzene rings is 2. The van der Waals surface area contributed by atoms with Gasteiger partial charge in [0.2, 0.25) is 6.79 Å². The highest BCUT2D eigenvalue weighted by atomic mass is 16.8. The molecule has 1 amide bonds. The van der Waals surface area contributed by atoms with E-state index in [4.69, 9.17) is 18.9 Å². The lowest BCUT2D eigenvalue weighted by Gasteiger charge is -2.58. The summed E-state index contributed by atoms with van der Waals surface area (Å²) < 4.78 is 22.5. The molecule has 0 radical (unpaired) electrons. The summed E-state index contributed by atoms with van der Waals surface area (Å²) in [6, 6.07) is 16.3. The summed E-state index contributed by atoms with van der Waals surface area (Å²) in [6.45, 7) is 0.839. The molecule has 6 rings (SSSR count). The van der Waals surface area contributed by atoms with E-state index in [2.05, 4.69) is 12.1 Å². The predicted octanol–water partition coefficient (Wildman–Crippen LogP) is 7.29. The maximum absolute atomic E-state index is 13.3. The van der Waals surface area contributed by atoms with E-state index in [1.165, 1.54) is 36.8 Å². The molecule has 40 heavy (non-hydrogen) atoms. The molecule has 4 aliphatic rings. The maximum Gasteiger partial charge on any atom is 0.511 e. The number of carbonyl (C=O) groups is 2. The average Bonchev–Trinajstić information content (AvgIpc) is 3.25. The van der Waals surface area contributed by atoms with Crippen molar-refractivity contribution in [2.24, 2.45) is 5.92 Å². The van der Waals surface area contributed by atoms with Gasteiger partial charge in [0.25, 0.3) is 0 Å². The molecule has 3 aliphatic carbocycles. The molecule has 1 heterocycles. The normalized spacial score (nSPS) is 26.1. The molecule has 7 nitrogen and oxygen atoms in total. The van der Waals surface area contributed by atoms with E-state index in [1.807, 2.05) is 41.3 Å². The minimum absolute atomic E-state index is 0.0458. The summed E-state index contributed by atoms with van der Waals surface area (Å²) >= 11 is 0. The van der Waals surface area contributed by atoms with Crippen LogP contribution in [0.15, 0.2) is 48.5 Å². The van der Waals surface area contributed by atoms with Crippen molar-refractivity contribution in [2.75, 3.05) is 13.3 Å². The Balaban J connectivity index is 1.11. The molecule has 2 bridgehead atoms. The molecular weight excluding hydrogens is 506 g/mol. The first kappa shape index (κ1) is 27.0. The minimum Gasteiger partial charge on any atom is -0.457 e. The highest BCUT2D eigenvalue weighted by Gasteiger charge is 2.55. The fraction of sp³-hybridized carbons (Fsp3) is 0.576. The van der Waals surface area contributed by atoms with E-state index in [0.717, 1.165) is 56.9 Å². The Kier molecular flexibility index (Phi) is 8.17. The van der Waals surface area contributed by atoms with Gasteiger partial charge in [-0.25, -0.2) is 9.59 Å². The lowest BCUT2D eigenvalue weighted by atomic mass is 9.52. The Bertz CT molecular complexity index is 1180. The van der Waals surface area contributed by atoms with Crippen molar-refractivity contribution >= 4 is 12.2 Å². The van der Waals surface area contributed by atoms with Gasteiger partial charge in [0, 0.05) is 18.0 Å². The molecule has 1 aliphatic heterocycles. The summed E-state index contributed by atoms with van der Waals surface area (Å²) in [7, 11) is 0. The summed E-state index contributed by atoms with van der Waals surface area (Å²) in [4.78, 5) is 27.5. The lowest BCUT2D eigenvalue weighted by Crippen LogP contribution is -2.62. The second kappa shape index (κ2) is 12.1. The van der Waals surface area contributed by atoms with Gasteiger partial charge < -0.3 is 23.8 Å². The Morgan fingerprint density at radius 1 is 0.875 bits per heavy atom. The number of ether oxygens (including phenoxy) is 4. The van der Waals surface area contributed by atoms with E-state index in [0.29, 0.717) is 24.8 Å². The molecule has 0 aromatic heterocycles. The third-order valence-electron chi connectivity index (χ3n) is 9.72. The molecule has 214 valence electrons. The molecule has 2 saturated carbocycles. The Labute approximate surface area is 237 Å². The zero-order valence-corrected chi connectivity index (χ0v) is 23.4. The van der Waals surface area contributed by atoms with Gasteiger partial charge in [-0.05, 0) is 86.1 Å². The Morgan fingerprint density at radius 3 is 2.50 bits per heavy atom. The Hall–Kier alpha value is -3.22. The van der Waals surface area contributed by atoms with Gasteiger partial charge in [-0.3, -0.25) is 0 Å². The Morgan fingerprint density at radius 2 is 1.68 bits per heavy atom. The van der Waals surface area contributed by atoms with Crippen LogP contribution in [0.3, 0.4) is 0 Å². The lowest BCUT2D eigenvalue weighted by molar-refractivity contribution is -0.0197. The number of amides is 1. The van der Waals surface area contributed by atoms with Crippen LogP contribution in [0.5, 0.6) is 5.75 Å². The number of rotatable bonds is 6. The molecule has 3 fully saturated rings. The molecule has 1 saturated heterocycles. The molecule has 7 heteroatoms. The standard InChI is InChI=1S/C33H41NO6/c35-31(37-22-24-10-4-3-5-11-24)34-19-18-33-17-9-8-14-28(33)30(34)20-25-15-16-27(21-29(25)33)38-23-39-32(36)40-26-12-6-1-2-7-13-26/h3-5,10-11,15-16,21,26,28,30H,1-2,6-9,12-14,17-20,22-23H2/t28-,30-,33+/m1/s1. The van der Waals surface area contributed by atoms with E-state index < -0.39 is 6.16 Å². The van der Waals surface area contributed by atoms with Crippen LogP contribution in [0, 0.1) is 5.92 Å². The zero-order valence-electron chi connectivity index (χ0n) is 23.4. The average molecular weight is 548 g/mol. The minimum atomic E-state index is -0.648. The van der Waals surface area contributed by atoms with Crippen LogP contribution in [0.25, 0.3) is 0 Å². The zero-order chi connectivity index (χ0) is 27.4. The van der Waals surface area contributed by atoms with Crippen molar-refractivity contribution in [1.29, 1.82) is 0 Å². The highest BCUT2D eigenvalue weighted by Crippen LogP contribution is 2.56. The first-order valence-corrected chi connectivity index (χ1v) is 15.2. The van der Waals surface area contributed by atoms with E-state index in [-0.39, 0.29) is 30.4 Å². The van der Waals surface area contributed by atoms with E-state index >= 15 is 0 Å².